The van der Waals surface area contributed by atoms with Crippen LogP contribution < -0.4 is 5.56 Å². The van der Waals surface area contributed by atoms with Crippen molar-refractivity contribution in [3.63, 3.8) is 0 Å². The number of pyridine rings is 1. The molecule has 0 unspecified atom stereocenters. The minimum absolute atomic E-state index is 0.174. The number of aromatic amines is 1. The molecule has 136 valence electrons. The van der Waals surface area contributed by atoms with Crippen LogP contribution in [0.3, 0.4) is 0 Å². The Morgan fingerprint density at radius 1 is 1.15 bits per heavy atom. The fourth-order valence-electron chi connectivity index (χ4n) is 3.01. The molecule has 1 aromatic carbocycles. The summed E-state index contributed by atoms with van der Waals surface area (Å²) in [4.78, 5) is 30.7. The van der Waals surface area contributed by atoms with Gasteiger partial charge in [0.15, 0.2) is 11.7 Å². The lowest BCUT2D eigenvalue weighted by atomic mass is 10.1. The molecule has 0 aliphatic carbocycles. The minimum Gasteiger partial charge on any atom is -0.441 e. The quantitative estimate of drug-likeness (QED) is 0.569. The van der Waals surface area contributed by atoms with E-state index in [0.29, 0.717) is 35.8 Å². The van der Waals surface area contributed by atoms with Crippen LogP contribution in [0.2, 0.25) is 0 Å². The van der Waals surface area contributed by atoms with Crippen LogP contribution in [0.25, 0.3) is 22.2 Å². The number of hydrogen-bond acceptors (Lipinski definition) is 4. The molecule has 26 heavy (non-hydrogen) atoms. The molecular formula is C21H24N2O3. The molecule has 3 rings (SSSR count). The van der Waals surface area contributed by atoms with E-state index in [0.717, 1.165) is 43.0 Å². The number of nitrogens with zero attached hydrogens (tertiary/aromatic N) is 1. The summed E-state index contributed by atoms with van der Waals surface area (Å²) < 4.78 is 5.78. The summed E-state index contributed by atoms with van der Waals surface area (Å²) >= 11 is 0. The first kappa shape index (κ1) is 18.1. The molecule has 0 spiro atoms. The fraction of sp³-hybridized carbons (Fsp3) is 0.381. The second-order valence-electron chi connectivity index (χ2n) is 6.52. The van der Waals surface area contributed by atoms with E-state index < -0.39 is 0 Å². The average molecular weight is 352 g/mol. The van der Waals surface area contributed by atoms with Gasteiger partial charge in [-0.25, -0.2) is 4.98 Å². The standard InChI is InChI=1S/C21H24N2O3/c1-2-16(24)10-5-3-4-6-12-20-22-14-19(26-20)17-13-15-9-7-8-11-18(15)23-21(17)25/h7-9,11,13-14H,2-6,10,12H2,1H3,(H,23,25). The predicted octanol–water partition coefficient (Wildman–Crippen LogP) is 4.66. The van der Waals surface area contributed by atoms with E-state index >= 15 is 0 Å². The Balaban J connectivity index is 1.57. The topological polar surface area (TPSA) is 76.0 Å². The van der Waals surface area contributed by atoms with Crippen molar-refractivity contribution in [2.45, 2.75) is 51.9 Å². The maximum Gasteiger partial charge on any atom is 0.259 e. The number of carbonyl (C=O) groups excluding carboxylic acids is 1. The van der Waals surface area contributed by atoms with Gasteiger partial charge in [-0.05, 0) is 30.4 Å². The number of para-hydroxylation sites is 1. The maximum absolute atomic E-state index is 12.3. The van der Waals surface area contributed by atoms with Gasteiger partial charge in [0.05, 0.1) is 11.8 Å². The third-order valence-corrected chi connectivity index (χ3v) is 4.56. The van der Waals surface area contributed by atoms with Gasteiger partial charge in [0, 0.05) is 24.8 Å². The summed E-state index contributed by atoms with van der Waals surface area (Å²) in [6, 6.07) is 9.49. The number of oxazole rings is 1. The maximum atomic E-state index is 12.3. The van der Waals surface area contributed by atoms with Crippen molar-refractivity contribution >= 4 is 16.7 Å². The number of ketones is 1. The lowest BCUT2D eigenvalue weighted by Crippen LogP contribution is -2.08. The van der Waals surface area contributed by atoms with Crippen LogP contribution in [0.1, 0.15) is 51.3 Å². The highest BCUT2D eigenvalue weighted by Gasteiger charge is 2.11. The van der Waals surface area contributed by atoms with Gasteiger partial charge in [-0.1, -0.05) is 38.0 Å². The Labute approximate surface area is 152 Å². The number of unbranched alkanes of at least 4 members (excludes halogenated alkanes) is 3. The van der Waals surface area contributed by atoms with Crippen molar-refractivity contribution in [3.8, 4) is 11.3 Å². The van der Waals surface area contributed by atoms with E-state index in [2.05, 4.69) is 9.97 Å². The minimum atomic E-state index is -0.174. The Morgan fingerprint density at radius 2 is 1.96 bits per heavy atom. The number of nitrogens with one attached hydrogen (secondary N) is 1. The molecule has 2 heterocycles. The second-order valence-corrected chi connectivity index (χ2v) is 6.52. The summed E-state index contributed by atoms with van der Waals surface area (Å²) in [5.41, 5.74) is 1.13. The highest BCUT2D eigenvalue weighted by atomic mass is 16.4. The predicted molar refractivity (Wildman–Crippen MR) is 102 cm³/mol. The molecule has 0 saturated heterocycles. The largest absolute Gasteiger partial charge is 0.441 e. The molecule has 0 atom stereocenters. The Kier molecular flexibility index (Phi) is 6.00. The third-order valence-electron chi connectivity index (χ3n) is 4.56. The van der Waals surface area contributed by atoms with E-state index in [1.54, 1.807) is 6.20 Å². The number of fused-ring (bicyclic) bond motifs is 1. The van der Waals surface area contributed by atoms with Crippen molar-refractivity contribution in [1.82, 2.24) is 9.97 Å². The number of carbonyl (C=O) groups is 1. The van der Waals surface area contributed by atoms with Crippen LogP contribution in [-0.2, 0) is 11.2 Å². The second kappa shape index (κ2) is 8.61. The highest BCUT2D eigenvalue weighted by Crippen LogP contribution is 2.21. The zero-order valence-corrected chi connectivity index (χ0v) is 15.1. The Morgan fingerprint density at radius 3 is 2.81 bits per heavy atom. The van der Waals surface area contributed by atoms with Crippen LogP contribution in [0.5, 0.6) is 0 Å². The van der Waals surface area contributed by atoms with Gasteiger partial charge in [0.2, 0.25) is 0 Å². The van der Waals surface area contributed by atoms with Gasteiger partial charge < -0.3 is 9.40 Å². The number of aryl methyl sites for hydroxylation is 1. The monoisotopic (exact) mass is 352 g/mol. The average Bonchev–Trinajstić information content (AvgIpc) is 3.12. The molecule has 3 aromatic rings. The van der Waals surface area contributed by atoms with Crippen LogP contribution >= 0.6 is 0 Å². The molecule has 0 aliphatic rings. The van der Waals surface area contributed by atoms with Crippen molar-refractivity contribution in [2.75, 3.05) is 0 Å². The zero-order valence-electron chi connectivity index (χ0n) is 15.1. The molecular weight excluding hydrogens is 328 g/mol. The van der Waals surface area contributed by atoms with Gasteiger partial charge in [-0.3, -0.25) is 9.59 Å². The smallest absolute Gasteiger partial charge is 0.259 e. The number of hydrogen-bond donors (Lipinski definition) is 1. The van der Waals surface area contributed by atoms with Crippen LogP contribution in [0.15, 0.2) is 45.7 Å². The Bertz CT molecular complexity index is 940. The van der Waals surface area contributed by atoms with Crippen molar-refractivity contribution in [1.29, 1.82) is 0 Å². The number of benzene rings is 1. The van der Waals surface area contributed by atoms with Gasteiger partial charge in [0.25, 0.3) is 5.56 Å². The molecule has 1 N–H and O–H groups in total. The molecule has 5 nitrogen and oxygen atoms in total. The van der Waals surface area contributed by atoms with Gasteiger partial charge in [-0.15, -0.1) is 0 Å². The first-order valence-electron chi connectivity index (χ1n) is 9.26. The lowest BCUT2D eigenvalue weighted by Gasteiger charge is -2.01. The van der Waals surface area contributed by atoms with E-state index in [-0.39, 0.29) is 5.56 Å². The first-order chi connectivity index (χ1) is 12.7. The number of aromatic nitrogens is 2. The molecule has 5 heteroatoms. The SMILES string of the molecule is CCC(=O)CCCCCCc1ncc(-c2cc3ccccc3[nH]c2=O)o1. The van der Waals surface area contributed by atoms with Gasteiger partial charge in [0.1, 0.15) is 5.78 Å². The molecule has 0 aliphatic heterocycles. The van der Waals surface area contributed by atoms with Gasteiger partial charge >= 0.3 is 0 Å². The third kappa shape index (κ3) is 4.48. The molecule has 0 bridgehead atoms. The molecule has 0 fully saturated rings. The van der Waals surface area contributed by atoms with E-state index in [9.17, 15) is 9.59 Å². The summed E-state index contributed by atoms with van der Waals surface area (Å²) in [6.07, 6.45) is 7.69. The fourth-order valence-corrected chi connectivity index (χ4v) is 3.01. The first-order valence-corrected chi connectivity index (χ1v) is 9.26. The molecule has 2 aromatic heterocycles. The van der Waals surface area contributed by atoms with E-state index in [1.165, 1.54) is 0 Å². The van der Waals surface area contributed by atoms with Crippen LogP contribution in [0, 0.1) is 0 Å². The summed E-state index contributed by atoms with van der Waals surface area (Å²) in [7, 11) is 0. The molecule has 0 amide bonds. The van der Waals surface area contributed by atoms with Crippen LogP contribution in [-0.4, -0.2) is 15.8 Å². The number of rotatable bonds is 9. The summed E-state index contributed by atoms with van der Waals surface area (Å²) in [6.45, 7) is 1.91. The molecule has 0 saturated carbocycles. The van der Waals surface area contributed by atoms with E-state index in [4.69, 9.17) is 4.42 Å². The van der Waals surface area contributed by atoms with Crippen molar-refractivity contribution in [3.05, 3.63) is 52.8 Å². The van der Waals surface area contributed by atoms with E-state index in [1.807, 2.05) is 37.3 Å². The Hall–Kier alpha value is -2.69. The number of H-pyrrole nitrogens is 1. The normalized spacial score (nSPS) is 11.1. The zero-order chi connectivity index (χ0) is 18.4. The van der Waals surface area contributed by atoms with Crippen molar-refractivity contribution < 1.29 is 9.21 Å². The summed E-state index contributed by atoms with van der Waals surface area (Å²) in [5.74, 6) is 1.49. The van der Waals surface area contributed by atoms with Gasteiger partial charge in [-0.2, -0.15) is 0 Å². The van der Waals surface area contributed by atoms with Crippen molar-refractivity contribution in [2.24, 2.45) is 0 Å². The lowest BCUT2D eigenvalue weighted by molar-refractivity contribution is -0.118. The van der Waals surface area contributed by atoms with Crippen LogP contribution in [0.4, 0.5) is 0 Å². The highest BCUT2D eigenvalue weighted by molar-refractivity contribution is 5.82. The molecule has 0 radical (unpaired) electrons. The number of Topliss-reactive ketones (excluding diaryl/α,β-unsaturated/α-hetero) is 1. The summed E-state index contributed by atoms with van der Waals surface area (Å²) in [5, 5.41) is 0.960.